The molecule has 26 heavy (non-hydrogen) atoms. The molecular formula is C16H14F5N3O2. The van der Waals surface area contributed by atoms with Crippen LogP contribution in [0, 0.1) is 35.0 Å². The number of benzene rings is 1. The maximum atomic E-state index is 13.6. The van der Waals surface area contributed by atoms with Crippen LogP contribution in [0.1, 0.15) is 38.2 Å². The lowest BCUT2D eigenvalue weighted by atomic mass is 9.77. The average Bonchev–Trinajstić information content (AvgIpc) is 2.85. The van der Waals surface area contributed by atoms with Crippen LogP contribution in [0.15, 0.2) is 5.10 Å². The van der Waals surface area contributed by atoms with Gasteiger partial charge in [-0.15, -0.1) is 5.01 Å². The second-order valence-electron chi connectivity index (χ2n) is 6.54. The van der Waals surface area contributed by atoms with Gasteiger partial charge in [0.1, 0.15) is 5.54 Å². The van der Waals surface area contributed by atoms with Gasteiger partial charge in [-0.3, -0.25) is 4.79 Å². The van der Waals surface area contributed by atoms with Crippen LogP contribution < -0.4 is 5.32 Å². The van der Waals surface area contributed by atoms with E-state index in [0.717, 1.165) is 0 Å². The summed E-state index contributed by atoms with van der Waals surface area (Å²) in [5.41, 5.74) is -2.47. The van der Waals surface area contributed by atoms with Crippen molar-refractivity contribution >= 4 is 18.2 Å². The van der Waals surface area contributed by atoms with Gasteiger partial charge in [0.05, 0.1) is 11.8 Å². The van der Waals surface area contributed by atoms with Gasteiger partial charge < -0.3 is 5.32 Å². The Kier molecular flexibility index (Phi) is 4.45. The third kappa shape index (κ3) is 2.73. The molecule has 1 saturated carbocycles. The Labute approximate surface area is 144 Å². The fourth-order valence-corrected chi connectivity index (χ4v) is 3.16. The first-order valence-corrected chi connectivity index (χ1v) is 7.90. The lowest BCUT2D eigenvalue weighted by Crippen LogP contribution is -2.49. The Morgan fingerprint density at radius 2 is 1.50 bits per heavy atom. The van der Waals surface area contributed by atoms with E-state index in [1.807, 2.05) is 6.92 Å². The SMILES string of the molecule is CC1CCC2(CC1)NC(=O)N(/N=C\c1c(F)c(F)c(F)c(F)c1F)C2=O. The van der Waals surface area contributed by atoms with Crippen LogP contribution in [0.4, 0.5) is 26.7 Å². The number of rotatable bonds is 2. The van der Waals surface area contributed by atoms with E-state index in [-0.39, 0.29) is 6.21 Å². The van der Waals surface area contributed by atoms with Crippen LogP contribution >= 0.6 is 0 Å². The second-order valence-corrected chi connectivity index (χ2v) is 6.54. The van der Waals surface area contributed by atoms with E-state index in [0.29, 0.717) is 36.6 Å². The summed E-state index contributed by atoms with van der Waals surface area (Å²) in [4.78, 5) is 24.5. The Morgan fingerprint density at radius 1 is 1.00 bits per heavy atom. The van der Waals surface area contributed by atoms with Gasteiger partial charge in [-0.1, -0.05) is 6.92 Å². The number of carbonyl (C=O) groups is 2. The van der Waals surface area contributed by atoms with Crippen molar-refractivity contribution in [1.29, 1.82) is 0 Å². The van der Waals surface area contributed by atoms with Gasteiger partial charge in [-0.2, -0.15) is 5.10 Å². The number of urea groups is 1. The van der Waals surface area contributed by atoms with Crippen molar-refractivity contribution in [2.45, 2.75) is 38.1 Å². The van der Waals surface area contributed by atoms with Gasteiger partial charge in [-0.05, 0) is 31.6 Å². The molecule has 1 saturated heterocycles. The smallest absolute Gasteiger partial charge is 0.321 e. The summed E-state index contributed by atoms with van der Waals surface area (Å²) >= 11 is 0. The summed E-state index contributed by atoms with van der Waals surface area (Å²) in [5, 5.41) is 6.24. The van der Waals surface area contributed by atoms with Crippen molar-refractivity contribution in [2.24, 2.45) is 11.0 Å². The zero-order valence-corrected chi connectivity index (χ0v) is 13.6. The van der Waals surface area contributed by atoms with Crippen molar-refractivity contribution in [3.05, 3.63) is 34.6 Å². The number of halogens is 5. The van der Waals surface area contributed by atoms with Gasteiger partial charge in [0.15, 0.2) is 23.3 Å². The van der Waals surface area contributed by atoms with E-state index in [4.69, 9.17) is 0 Å². The minimum atomic E-state index is -2.30. The molecule has 1 aliphatic carbocycles. The topological polar surface area (TPSA) is 61.8 Å². The van der Waals surface area contributed by atoms with Crippen LogP contribution in [0.2, 0.25) is 0 Å². The number of hydrogen-bond acceptors (Lipinski definition) is 3. The zero-order valence-electron chi connectivity index (χ0n) is 13.6. The largest absolute Gasteiger partial charge is 0.346 e. The Balaban J connectivity index is 1.90. The number of hydrogen-bond donors (Lipinski definition) is 1. The first-order chi connectivity index (χ1) is 12.2. The highest BCUT2D eigenvalue weighted by Gasteiger charge is 2.52. The lowest BCUT2D eigenvalue weighted by Gasteiger charge is -2.33. The maximum absolute atomic E-state index is 13.6. The molecule has 0 radical (unpaired) electrons. The summed E-state index contributed by atoms with van der Waals surface area (Å²) in [6, 6.07) is -0.912. The maximum Gasteiger partial charge on any atom is 0.346 e. The Hall–Kier alpha value is -2.52. The third-order valence-corrected chi connectivity index (χ3v) is 4.81. The van der Waals surface area contributed by atoms with E-state index in [2.05, 4.69) is 10.4 Å². The average molecular weight is 375 g/mol. The first-order valence-electron chi connectivity index (χ1n) is 7.90. The van der Waals surface area contributed by atoms with Gasteiger partial charge in [-0.25, -0.2) is 26.7 Å². The molecule has 0 aromatic heterocycles. The quantitative estimate of drug-likeness (QED) is 0.284. The molecule has 1 N–H and O–H groups in total. The van der Waals surface area contributed by atoms with Gasteiger partial charge in [0, 0.05) is 0 Å². The van der Waals surface area contributed by atoms with Gasteiger partial charge >= 0.3 is 6.03 Å². The molecule has 1 aliphatic heterocycles. The number of nitrogens with zero attached hydrogens (tertiary/aromatic N) is 2. The van der Waals surface area contributed by atoms with Crippen molar-refractivity contribution in [3.8, 4) is 0 Å². The second kappa shape index (κ2) is 6.33. The molecule has 3 rings (SSSR count). The predicted molar refractivity (Wildman–Crippen MR) is 79.6 cm³/mol. The molecule has 0 unspecified atom stereocenters. The molecule has 5 nitrogen and oxygen atoms in total. The molecule has 1 aromatic rings. The standard InChI is InChI=1S/C16H14F5N3O2/c1-7-2-4-16(5-3-7)14(25)24(15(26)23-16)22-6-8-9(17)11(19)13(21)12(20)10(8)18/h6-7H,2-5H2,1H3,(H,23,26)/b22-6-. The van der Waals surface area contributed by atoms with E-state index in [1.54, 1.807) is 0 Å². The molecule has 0 atom stereocenters. The van der Waals surface area contributed by atoms with E-state index < -0.39 is 52.1 Å². The predicted octanol–water partition coefficient (Wildman–Crippen LogP) is 3.22. The number of hydrazone groups is 1. The van der Waals surface area contributed by atoms with Crippen molar-refractivity contribution in [3.63, 3.8) is 0 Å². The highest BCUT2D eigenvalue weighted by atomic mass is 19.2. The van der Waals surface area contributed by atoms with E-state index in [1.165, 1.54) is 0 Å². The normalized spacial score (nSPS) is 26.2. The lowest BCUT2D eigenvalue weighted by molar-refractivity contribution is -0.132. The van der Waals surface area contributed by atoms with Crippen LogP contribution in [0.3, 0.4) is 0 Å². The number of nitrogens with one attached hydrogen (secondary N) is 1. The molecule has 10 heteroatoms. The molecule has 0 bridgehead atoms. The zero-order chi connectivity index (χ0) is 19.2. The summed E-state index contributed by atoms with van der Waals surface area (Å²) in [7, 11) is 0. The van der Waals surface area contributed by atoms with Gasteiger partial charge in [0.2, 0.25) is 5.82 Å². The summed E-state index contributed by atoms with van der Waals surface area (Å²) in [6.07, 6.45) is 2.43. The molecule has 2 fully saturated rings. The molecular weight excluding hydrogens is 361 g/mol. The van der Waals surface area contributed by atoms with Crippen LogP contribution in [-0.4, -0.2) is 28.7 Å². The first kappa shape index (κ1) is 18.3. The third-order valence-electron chi connectivity index (χ3n) is 4.81. The Bertz CT molecular complexity index is 790. The summed E-state index contributed by atoms with van der Waals surface area (Å²) in [5.74, 6) is -11.1. The fraction of sp³-hybridized carbons (Fsp3) is 0.438. The number of amides is 3. The van der Waals surface area contributed by atoms with E-state index >= 15 is 0 Å². The number of carbonyl (C=O) groups excluding carboxylic acids is 2. The van der Waals surface area contributed by atoms with Crippen molar-refractivity contribution in [2.75, 3.05) is 0 Å². The van der Waals surface area contributed by atoms with Crippen LogP contribution in [0.25, 0.3) is 0 Å². The van der Waals surface area contributed by atoms with Crippen LogP contribution in [0.5, 0.6) is 0 Å². The fourth-order valence-electron chi connectivity index (χ4n) is 3.16. The van der Waals surface area contributed by atoms with E-state index in [9.17, 15) is 31.5 Å². The molecule has 1 aromatic carbocycles. The summed E-state index contributed by atoms with van der Waals surface area (Å²) in [6.45, 7) is 2.01. The monoisotopic (exact) mass is 375 g/mol. The minimum absolute atomic E-state index is 0.276. The van der Waals surface area contributed by atoms with Crippen molar-refractivity contribution in [1.82, 2.24) is 10.3 Å². The minimum Gasteiger partial charge on any atom is -0.321 e. The molecule has 140 valence electrons. The molecule has 1 heterocycles. The number of imide groups is 1. The van der Waals surface area contributed by atoms with Gasteiger partial charge in [0.25, 0.3) is 5.91 Å². The highest BCUT2D eigenvalue weighted by molar-refractivity contribution is 6.07. The molecule has 1 spiro atoms. The Morgan fingerprint density at radius 3 is 2.04 bits per heavy atom. The molecule has 3 amide bonds. The van der Waals surface area contributed by atoms with Crippen LogP contribution in [-0.2, 0) is 4.79 Å². The molecule has 2 aliphatic rings. The summed E-state index contributed by atoms with van der Waals surface area (Å²) < 4.78 is 66.7. The highest BCUT2D eigenvalue weighted by Crippen LogP contribution is 2.36. The van der Waals surface area contributed by atoms with Crippen molar-refractivity contribution < 1.29 is 31.5 Å².